The van der Waals surface area contributed by atoms with Crippen LogP contribution < -0.4 is 5.32 Å². The molecular weight excluding hydrogens is 413 g/mol. The highest BCUT2D eigenvalue weighted by molar-refractivity contribution is 5.84. The van der Waals surface area contributed by atoms with Gasteiger partial charge < -0.3 is 20.1 Å². The van der Waals surface area contributed by atoms with E-state index in [1.54, 1.807) is 0 Å². The number of carbonyl (C=O) groups excluding carboxylic acids is 1. The van der Waals surface area contributed by atoms with Crippen molar-refractivity contribution in [2.75, 3.05) is 32.8 Å². The maximum atomic E-state index is 12.9. The van der Waals surface area contributed by atoms with Gasteiger partial charge in [0.15, 0.2) is 0 Å². The highest BCUT2D eigenvalue weighted by Crippen LogP contribution is 2.41. The molecule has 0 unspecified atom stereocenters. The van der Waals surface area contributed by atoms with E-state index in [0.29, 0.717) is 0 Å². The summed E-state index contributed by atoms with van der Waals surface area (Å²) in [5, 5.41) is 10.4. The van der Waals surface area contributed by atoms with Gasteiger partial charge in [0.05, 0.1) is 11.5 Å². The molecule has 1 aliphatic carbocycles. The van der Waals surface area contributed by atoms with E-state index in [1.165, 1.54) is 18.4 Å². The summed E-state index contributed by atoms with van der Waals surface area (Å²) >= 11 is 0. The molecule has 0 aromatic heterocycles. The van der Waals surface area contributed by atoms with Crippen molar-refractivity contribution in [1.29, 1.82) is 0 Å². The molecule has 31 heavy (non-hydrogen) atoms. The number of aliphatic carboxylic acids is 1. The van der Waals surface area contributed by atoms with Gasteiger partial charge >= 0.3 is 12.1 Å². The first kappa shape index (κ1) is 23.5. The molecule has 2 heterocycles. The number of amides is 1. The number of ether oxygens (including phenoxy) is 1. The summed E-state index contributed by atoms with van der Waals surface area (Å²) < 4.78 is 37.7. The number of hydrogen-bond donors (Lipinski definition) is 2. The van der Waals surface area contributed by atoms with Gasteiger partial charge in [-0.1, -0.05) is 30.3 Å². The zero-order chi connectivity index (χ0) is 22.5. The fraction of sp³-hybridized carbons (Fsp3) is 0.636. The van der Waals surface area contributed by atoms with Gasteiger partial charge in [-0.25, -0.2) is 4.79 Å². The Bertz CT molecular complexity index is 755. The van der Waals surface area contributed by atoms with Gasteiger partial charge in [0.2, 0.25) is 5.91 Å². The van der Waals surface area contributed by atoms with Gasteiger partial charge in [0, 0.05) is 32.8 Å². The minimum Gasteiger partial charge on any atom is -0.475 e. The summed E-state index contributed by atoms with van der Waals surface area (Å²) in [5.41, 5.74) is 1.05. The number of hydrogen-bond acceptors (Lipinski definition) is 4. The lowest BCUT2D eigenvalue weighted by atomic mass is 9.75. The van der Waals surface area contributed by atoms with Crippen molar-refractivity contribution < 1.29 is 32.6 Å². The monoisotopic (exact) mass is 442 g/mol. The fourth-order valence-corrected chi connectivity index (χ4v) is 4.21. The van der Waals surface area contributed by atoms with Crippen molar-refractivity contribution >= 4 is 11.9 Å². The van der Waals surface area contributed by atoms with E-state index in [2.05, 4.69) is 40.5 Å². The van der Waals surface area contributed by atoms with Crippen LogP contribution in [-0.4, -0.2) is 66.9 Å². The average Bonchev–Trinajstić information content (AvgIpc) is 3.47. The van der Waals surface area contributed by atoms with Crippen LogP contribution in [0.15, 0.2) is 30.3 Å². The lowest BCUT2D eigenvalue weighted by molar-refractivity contribution is -0.192. The number of halogens is 3. The molecule has 4 rings (SSSR count). The minimum absolute atomic E-state index is 0.115. The van der Waals surface area contributed by atoms with E-state index in [0.717, 1.165) is 58.0 Å². The Balaban J connectivity index is 0.000000339. The number of carboxylic acid groups (broad SMARTS) is 1. The SMILES string of the molecule is O=C(NCC1CC1)[C@@]12CCO[C@@H]1CCN(CCc1ccccc1)C2.O=C(O)C(F)(F)F. The third kappa shape index (κ3) is 6.43. The van der Waals surface area contributed by atoms with Gasteiger partial charge in [-0.05, 0) is 43.6 Å². The number of piperidine rings is 1. The third-order valence-corrected chi connectivity index (χ3v) is 6.20. The molecule has 2 N–H and O–H groups in total. The Morgan fingerprint density at radius 1 is 1.19 bits per heavy atom. The van der Waals surface area contributed by atoms with Crippen LogP contribution >= 0.6 is 0 Å². The summed E-state index contributed by atoms with van der Waals surface area (Å²) in [6.07, 6.45) is 0.477. The molecule has 0 spiro atoms. The van der Waals surface area contributed by atoms with E-state index < -0.39 is 12.1 Å². The number of nitrogens with zero attached hydrogens (tertiary/aromatic N) is 1. The number of nitrogens with one attached hydrogen (secondary N) is 1. The number of carboxylic acids is 1. The molecule has 1 aromatic carbocycles. The van der Waals surface area contributed by atoms with Crippen LogP contribution in [0, 0.1) is 11.3 Å². The summed E-state index contributed by atoms with van der Waals surface area (Å²) in [7, 11) is 0. The predicted octanol–water partition coefficient (Wildman–Crippen LogP) is 2.87. The fourth-order valence-electron chi connectivity index (χ4n) is 4.21. The van der Waals surface area contributed by atoms with Crippen LogP contribution in [0.2, 0.25) is 0 Å². The van der Waals surface area contributed by atoms with Crippen molar-refractivity contribution in [2.24, 2.45) is 11.3 Å². The molecule has 3 fully saturated rings. The molecule has 2 atom stereocenters. The topological polar surface area (TPSA) is 78.9 Å². The molecule has 2 saturated heterocycles. The first-order chi connectivity index (χ1) is 14.7. The zero-order valence-electron chi connectivity index (χ0n) is 17.4. The van der Waals surface area contributed by atoms with E-state index in [4.69, 9.17) is 14.6 Å². The van der Waals surface area contributed by atoms with E-state index >= 15 is 0 Å². The molecule has 2 aliphatic heterocycles. The second-order valence-corrected chi connectivity index (χ2v) is 8.52. The second-order valence-electron chi connectivity index (χ2n) is 8.52. The van der Waals surface area contributed by atoms with Crippen molar-refractivity contribution in [3.05, 3.63) is 35.9 Å². The van der Waals surface area contributed by atoms with Crippen LogP contribution in [0.5, 0.6) is 0 Å². The largest absolute Gasteiger partial charge is 0.490 e. The van der Waals surface area contributed by atoms with E-state index in [1.807, 2.05) is 0 Å². The first-order valence-electron chi connectivity index (χ1n) is 10.7. The highest BCUT2D eigenvalue weighted by atomic mass is 19.4. The standard InChI is InChI=1S/C20H28N2O2.C2HF3O2/c23-19(21-14-17-6-7-17)20-10-13-24-18(20)9-12-22(15-20)11-8-16-4-2-1-3-5-16;3-2(4,5)1(6)7/h1-5,17-18H,6-15H2,(H,21,23);(H,6,7)/t18-,20-;/m1./s1. The maximum Gasteiger partial charge on any atom is 0.490 e. The number of carbonyl (C=O) groups is 2. The molecule has 1 saturated carbocycles. The van der Waals surface area contributed by atoms with Crippen LogP contribution in [0.25, 0.3) is 0 Å². The quantitative estimate of drug-likeness (QED) is 0.709. The van der Waals surface area contributed by atoms with Gasteiger partial charge in [0.25, 0.3) is 0 Å². The minimum atomic E-state index is -5.08. The summed E-state index contributed by atoms with van der Waals surface area (Å²) in [6.45, 7) is 4.50. The average molecular weight is 442 g/mol. The van der Waals surface area contributed by atoms with E-state index in [9.17, 15) is 18.0 Å². The Labute approximate surface area is 179 Å². The van der Waals surface area contributed by atoms with Gasteiger partial charge in [0.1, 0.15) is 0 Å². The molecule has 6 nitrogen and oxygen atoms in total. The molecule has 0 bridgehead atoms. The second kappa shape index (κ2) is 9.99. The van der Waals surface area contributed by atoms with Gasteiger partial charge in [-0.15, -0.1) is 0 Å². The molecule has 9 heteroatoms. The maximum absolute atomic E-state index is 12.9. The number of fused-ring (bicyclic) bond motifs is 1. The Morgan fingerprint density at radius 2 is 1.87 bits per heavy atom. The number of rotatable bonds is 6. The molecular formula is C22H29F3N2O4. The Kier molecular flexibility index (Phi) is 7.59. The van der Waals surface area contributed by atoms with Crippen LogP contribution in [0.1, 0.15) is 31.2 Å². The van der Waals surface area contributed by atoms with Crippen molar-refractivity contribution in [3.8, 4) is 0 Å². The van der Waals surface area contributed by atoms with Crippen molar-refractivity contribution in [2.45, 2.75) is 44.4 Å². The van der Waals surface area contributed by atoms with Gasteiger partial charge in [-0.3, -0.25) is 4.79 Å². The number of likely N-dealkylation sites (tertiary alicyclic amines) is 1. The molecule has 3 aliphatic rings. The molecule has 1 amide bonds. The van der Waals surface area contributed by atoms with Crippen LogP contribution in [0.3, 0.4) is 0 Å². The predicted molar refractivity (Wildman–Crippen MR) is 107 cm³/mol. The summed E-state index contributed by atoms with van der Waals surface area (Å²) in [5.74, 6) is -1.79. The summed E-state index contributed by atoms with van der Waals surface area (Å²) in [6, 6.07) is 10.6. The Morgan fingerprint density at radius 3 is 2.48 bits per heavy atom. The van der Waals surface area contributed by atoms with Crippen molar-refractivity contribution in [3.63, 3.8) is 0 Å². The molecule has 172 valence electrons. The van der Waals surface area contributed by atoms with E-state index in [-0.39, 0.29) is 17.4 Å². The summed E-state index contributed by atoms with van der Waals surface area (Å²) in [4.78, 5) is 24.3. The van der Waals surface area contributed by atoms with Crippen LogP contribution in [0.4, 0.5) is 13.2 Å². The van der Waals surface area contributed by atoms with Crippen molar-refractivity contribution in [1.82, 2.24) is 10.2 Å². The first-order valence-corrected chi connectivity index (χ1v) is 10.7. The lowest BCUT2D eigenvalue weighted by Crippen LogP contribution is -2.57. The number of alkyl halides is 3. The molecule has 1 aromatic rings. The highest BCUT2D eigenvalue weighted by Gasteiger charge is 2.53. The van der Waals surface area contributed by atoms with Gasteiger partial charge in [-0.2, -0.15) is 13.2 Å². The molecule has 0 radical (unpaired) electrons. The Hall–Kier alpha value is -2.13. The smallest absolute Gasteiger partial charge is 0.475 e. The third-order valence-electron chi connectivity index (χ3n) is 6.20. The number of benzene rings is 1. The lowest BCUT2D eigenvalue weighted by Gasteiger charge is -2.42. The normalized spacial score (nSPS) is 25.8. The zero-order valence-corrected chi connectivity index (χ0v) is 17.4. The van der Waals surface area contributed by atoms with Crippen LogP contribution in [-0.2, 0) is 20.7 Å².